The molecule has 3 aromatic rings. The number of nitrogens with zero attached hydrogens (tertiary/aromatic N) is 2. The summed E-state index contributed by atoms with van der Waals surface area (Å²) in [6.45, 7) is 0. The Hall–Kier alpha value is -4.01. The Bertz CT molecular complexity index is 1450. The third-order valence-corrected chi connectivity index (χ3v) is 7.87. The van der Waals surface area contributed by atoms with Crippen molar-refractivity contribution in [3.05, 3.63) is 75.2 Å². The Morgan fingerprint density at radius 3 is 2.46 bits per heavy atom. The molecule has 37 heavy (non-hydrogen) atoms. The molecule has 1 unspecified atom stereocenters. The monoisotopic (exact) mass is 501 g/mol. The third kappa shape index (κ3) is 4.73. The van der Waals surface area contributed by atoms with Gasteiger partial charge < -0.3 is 20.7 Å². The second-order valence-electron chi connectivity index (χ2n) is 10.3. The fourth-order valence-electron chi connectivity index (χ4n) is 5.54. The van der Waals surface area contributed by atoms with Gasteiger partial charge in [-0.3, -0.25) is 19.8 Å². The van der Waals surface area contributed by atoms with Crippen LogP contribution in [0, 0.1) is 17.2 Å². The summed E-state index contributed by atoms with van der Waals surface area (Å²) in [6, 6.07) is 12.8. The number of carboxylic acids is 1. The van der Waals surface area contributed by atoms with Gasteiger partial charge >= 0.3 is 5.97 Å². The molecular weight excluding hydrogens is 470 g/mol. The molecule has 2 saturated carbocycles. The quantitative estimate of drug-likeness (QED) is 0.212. The van der Waals surface area contributed by atoms with E-state index in [2.05, 4.69) is 10.3 Å². The van der Waals surface area contributed by atoms with Crippen molar-refractivity contribution in [2.45, 2.75) is 50.5 Å². The first-order valence-corrected chi connectivity index (χ1v) is 12.7. The predicted octanol–water partition coefficient (Wildman–Crippen LogP) is 2.80. The van der Waals surface area contributed by atoms with Crippen molar-refractivity contribution in [1.29, 1.82) is 5.41 Å². The summed E-state index contributed by atoms with van der Waals surface area (Å²) >= 11 is 0. The molecule has 9 heteroatoms. The molecule has 2 aliphatic rings. The van der Waals surface area contributed by atoms with Crippen LogP contribution in [0.3, 0.4) is 0 Å². The van der Waals surface area contributed by atoms with Gasteiger partial charge in [-0.05, 0) is 54.9 Å². The van der Waals surface area contributed by atoms with E-state index < -0.39 is 23.3 Å². The number of benzene rings is 2. The lowest BCUT2D eigenvalue weighted by Gasteiger charge is -2.24. The molecule has 0 radical (unpaired) electrons. The van der Waals surface area contributed by atoms with Crippen LogP contribution in [0.25, 0.3) is 11.0 Å². The number of amides is 1. The largest absolute Gasteiger partial charge is 0.481 e. The van der Waals surface area contributed by atoms with E-state index in [-0.39, 0.29) is 17.3 Å². The van der Waals surface area contributed by atoms with Gasteiger partial charge in [0.05, 0.1) is 16.6 Å². The molecule has 1 heterocycles. The maximum atomic E-state index is 13.1. The Morgan fingerprint density at radius 2 is 1.86 bits per heavy atom. The number of hydrogen-bond donors (Lipinski definition) is 4. The van der Waals surface area contributed by atoms with E-state index >= 15 is 0 Å². The third-order valence-electron chi connectivity index (χ3n) is 7.87. The minimum absolute atomic E-state index is 0.0159. The van der Waals surface area contributed by atoms with Gasteiger partial charge in [0.15, 0.2) is 0 Å². The fraction of sp³-hybridized carbons (Fsp3) is 0.393. The number of fused-ring (bicyclic) bond motifs is 1. The summed E-state index contributed by atoms with van der Waals surface area (Å²) in [7, 11) is 1.71. The molecule has 2 aromatic carbocycles. The number of aliphatic carboxylic acids is 1. The Labute approximate surface area is 214 Å². The smallest absolute Gasteiger partial charge is 0.316 e. The molecule has 1 aromatic heterocycles. The second kappa shape index (κ2) is 9.46. The van der Waals surface area contributed by atoms with Crippen molar-refractivity contribution in [2.75, 3.05) is 0 Å². The van der Waals surface area contributed by atoms with Crippen LogP contribution in [0.2, 0.25) is 0 Å². The number of aryl methyl sites for hydroxylation is 1. The van der Waals surface area contributed by atoms with Crippen molar-refractivity contribution in [3.63, 3.8) is 0 Å². The minimum atomic E-state index is -1.06. The highest BCUT2D eigenvalue weighted by atomic mass is 16.4. The number of aromatic nitrogens is 2. The molecule has 0 bridgehead atoms. The molecule has 5 rings (SSSR count). The van der Waals surface area contributed by atoms with E-state index in [9.17, 15) is 19.5 Å². The van der Waals surface area contributed by atoms with Crippen LogP contribution in [0.1, 0.15) is 60.9 Å². The first-order chi connectivity index (χ1) is 17.7. The average molecular weight is 502 g/mol. The lowest BCUT2D eigenvalue weighted by atomic mass is 9.89. The van der Waals surface area contributed by atoms with Crippen molar-refractivity contribution in [3.8, 4) is 0 Å². The molecule has 192 valence electrons. The van der Waals surface area contributed by atoms with E-state index in [1.165, 1.54) is 0 Å². The van der Waals surface area contributed by atoms with Crippen molar-refractivity contribution in [1.82, 2.24) is 14.9 Å². The second-order valence-corrected chi connectivity index (χ2v) is 10.3. The van der Waals surface area contributed by atoms with Gasteiger partial charge in [-0.1, -0.05) is 43.2 Å². The van der Waals surface area contributed by atoms with E-state index in [1.54, 1.807) is 23.7 Å². The molecule has 0 saturated heterocycles. The number of nitrogens with one attached hydrogen (secondary N) is 2. The van der Waals surface area contributed by atoms with Crippen LogP contribution in [0.5, 0.6) is 0 Å². The van der Waals surface area contributed by atoms with Crippen molar-refractivity contribution < 1.29 is 14.7 Å². The molecule has 1 amide bonds. The van der Waals surface area contributed by atoms with Gasteiger partial charge in [0.25, 0.3) is 5.56 Å². The zero-order valence-electron chi connectivity index (χ0n) is 20.8. The molecule has 5 N–H and O–H groups in total. The highest BCUT2D eigenvalue weighted by Crippen LogP contribution is 2.46. The maximum absolute atomic E-state index is 13.1. The number of carbonyl (C=O) groups excluding carboxylic acids is 1. The predicted molar refractivity (Wildman–Crippen MR) is 139 cm³/mol. The molecule has 2 aliphatic carbocycles. The van der Waals surface area contributed by atoms with Crippen LogP contribution >= 0.6 is 0 Å². The SMILES string of the molecule is Cn1c(=O)c(Cc2ccc(C(=N)N)cc2)nc2cc(C3(NC(=O)C(C(=O)O)C4CCCC4)CC3)ccc21. The van der Waals surface area contributed by atoms with E-state index in [4.69, 9.17) is 11.1 Å². The van der Waals surface area contributed by atoms with Gasteiger partial charge in [-0.2, -0.15) is 0 Å². The molecule has 0 aliphatic heterocycles. The first-order valence-electron chi connectivity index (χ1n) is 12.7. The van der Waals surface area contributed by atoms with Gasteiger partial charge in [0, 0.05) is 19.0 Å². The standard InChI is InChI=1S/C28H31N5O4/c1-33-22-11-10-19(28(12-13-28)32-25(34)23(27(36)37)17-4-2-3-5-17)15-20(22)31-21(26(33)35)14-16-6-8-18(9-7-16)24(29)30/h6-11,15,17,23H,2-5,12-14H2,1H3,(H3,29,30)(H,32,34)(H,36,37). The van der Waals surface area contributed by atoms with Crippen LogP contribution in [0.15, 0.2) is 47.3 Å². The average Bonchev–Trinajstić information content (AvgIpc) is 3.45. The fourth-order valence-corrected chi connectivity index (χ4v) is 5.54. The van der Waals surface area contributed by atoms with Crippen LogP contribution < -0.4 is 16.6 Å². The van der Waals surface area contributed by atoms with Gasteiger partial charge in [0.2, 0.25) is 5.91 Å². The number of hydrogen-bond acceptors (Lipinski definition) is 5. The summed E-state index contributed by atoms with van der Waals surface area (Å²) in [6.07, 6.45) is 5.24. The Kier molecular flexibility index (Phi) is 6.31. The van der Waals surface area contributed by atoms with E-state index in [0.717, 1.165) is 49.7 Å². The number of nitrogen functional groups attached to an aromatic ring is 1. The van der Waals surface area contributed by atoms with Gasteiger partial charge in [-0.25, -0.2) is 4.98 Å². The van der Waals surface area contributed by atoms with Crippen LogP contribution in [-0.2, 0) is 28.6 Å². The highest BCUT2D eigenvalue weighted by molar-refractivity contribution is 5.98. The molecule has 1 atom stereocenters. The van der Waals surface area contributed by atoms with Gasteiger partial charge in [-0.15, -0.1) is 0 Å². The number of rotatable bonds is 8. The number of carbonyl (C=O) groups is 2. The number of nitrogens with two attached hydrogens (primary N) is 1. The molecule has 0 spiro atoms. The van der Waals surface area contributed by atoms with Crippen molar-refractivity contribution >= 4 is 28.7 Å². The summed E-state index contributed by atoms with van der Waals surface area (Å²) in [5, 5.41) is 20.4. The molecular formula is C28H31N5O4. The first kappa shape index (κ1) is 24.7. The Morgan fingerprint density at radius 1 is 1.19 bits per heavy atom. The summed E-state index contributed by atoms with van der Waals surface area (Å²) < 4.78 is 1.57. The normalized spacial score (nSPS) is 17.4. The zero-order valence-corrected chi connectivity index (χ0v) is 20.8. The molecule has 2 fully saturated rings. The van der Waals surface area contributed by atoms with Crippen molar-refractivity contribution in [2.24, 2.45) is 24.6 Å². The highest BCUT2D eigenvalue weighted by Gasteiger charge is 2.48. The zero-order chi connectivity index (χ0) is 26.3. The lowest BCUT2D eigenvalue weighted by molar-refractivity contribution is -0.149. The van der Waals surface area contributed by atoms with E-state index in [1.807, 2.05) is 30.3 Å². The number of carboxylic acid groups (broad SMARTS) is 1. The minimum Gasteiger partial charge on any atom is -0.481 e. The Balaban J connectivity index is 1.43. The topological polar surface area (TPSA) is 151 Å². The van der Waals surface area contributed by atoms with Crippen LogP contribution in [-0.4, -0.2) is 32.4 Å². The lowest BCUT2D eigenvalue weighted by Crippen LogP contribution is -2.44. The summed E-state index contributed by atoms with van der Waals surface area (Å²) in [5.41, 5.74) is 8.82. The summed E-state index contributed by atoms with van der Waals surface area (Å²) in [4.78, 5) is 42.7. The maximum Gasteiger partial charge on any atom is 0.316 e. The molecule has 9 nitrogen and oxygen atoms in total. The summed E-state index contributed by atoms with van der Waals surface area (Å²) in [5.74, 6) is -2.64. The van der Waals surface area contributed by atoms with Crippen LogP contribution in [0.4, 0.5) is 0 Å². The van der Waals surface area contributed by atoms with E-state index in [0.29, 0.717) is 28.7 Å². The van der Waals surface area contributed by atoms with Gasteiger partial charge in [0.1, 0.15) is 17.4 Å². The number of amidine groups is 1.